The number of ether oxygens (including phenoxy) is 1. The van der Waals surface area contributed by atoms with Gasteiger partial charge in [0.25, 0.3) is 0 Å². The van der Waals surface area contributed by atoms with Crippen molar-refractivity contribution >= 4 is 0 Å². The molecule has 1 heterocycles. The molecule has 2 nitrogen and oxygen atoms in total. The Kier molecular flexibility index (Phi) is 4.39. The number of nitrogens with one attached hydrogen (secondary N) is 1. The maximum absolute atomic E-state index is 5.17. The second-order valence-electron chi connectivity index (χ2n) is 4.91. The fourth-order valence-electron chi connectivity index (χ4n) is 2.83. The smallest absolute Gasteiger partial charge is 0.0465 e. The zero-order valence-electron chi connectivity index (χ0n) is 10.1. The van der Waals surface area contributed by atoms with Crippen molar-refractivity contribution < 1.29 is 4.74 Å². The Morgan fingerprint density at radius 2 is 2.07 bits per heavy atom. The van der Waals surface area contributed by atoms with Crippen molar-refractivity contribution in [2.75, 3.05) is 20.3 Å². The molecule has 0 spiro atoms. The Balaban J connectivity index is 2.57. The van der Waals surface area contributed by atoms with Gasteiger partial charge >= 0.3 is 0 Å². The van der Waals surface area contributed by atoms with E-state index < -0.39 is 0 Å². The van der Waals surface area contributed by atoms with Crippen LogP contribution in [-0.2, 0) is 4.74 Å². The van der Waals surface area contributed by atoms with Gasteiger partial charge in [0.2, 0.25) is 0 Å². The van der Waals surface area contributed by atoms with Crippen molar-refractivity contribution in [3.8, 4) is 0 Å². The Morgan fingerprint density at radius 1 is 1.36 bits per heavy atom. The monoisotopic (exact) mass is 199 g/mol. The molecular weight excluding hydrogens is 174 g/mol. The average molecular weight is 199 g/mol. The van der Waals surface area contributed by atoms with Crippen molar-refractivity contribution in [3.63, 3.8) is 0 Å². The molecule has 2 unspecified atom stereocenters. The fraction of sp³-hybridized carbons (Fsp3) is 1.00. The summed E-state index contributed by atoms with van der Waals surface area (Å²) in [4.78, 5) is 0. The van der Waals surface area contributed by atoms with E-state index in [0.29, 0.717) is 11.5 Å². The minimum atomic E-state index is 0.374. The summed E-state index contributed by atoms with van der Waals surface area (Å²) in [7, 11) is 1.79. The Bertz CT molecular complexity index is 162. The number of rotatable bonds is 5. The number of hydrogen-bond donors (Lipinski definition) is 1. The van der Waals surface area contributed by atoms with Crippen molar-refractivity contribution in [1.29, 1.82) is 0 Å². The lowest BCUT2D eigenvalue weighted by Crippen LogP contribution is -2.50. The van der Waals surface area contributed by atoms with Gasteiger partial charge < -0.3 is 10.1 Å². The predicted molar refractivity (Wildman–Crippen MR) is 60.5 cm³/mol. The Labute approximate surface area is 88.4 Å². The van der Waals surface area contributed by atoms with Gasteiger partial charge in [0.05, 0.1) is 0 Å². The highest BCUT2D eigenvalue weighted by molar-refractivity contribution is 4.98. The third-order valence-electron chi connectivity index (χ3n) is 3.89. The van der Waals surface area contributed by atoms with Gasteiger partial charge in [-0.1, -0.05) is 20.8 Å². The second kappa shape index (κ2) is 5.13. The zero-order valence-corrected chi connectivity index (χ0v) is 10.1. The van der Waals surface area contributed by atoms with Crippen LogP contribution >= 0.6 is 0 Å². The van der Waals surface area contributed by atoms with Crippen LogP contribution in [-0.4, -0.2) is 25.8 Å². The average Bonchev–Trinajstić information content (AvgIpc) is 2.63. The molecule has 0 saturated carbocycles. The van der Waals surface area contributed by atoms with Crippen molar-refractivity contribution in [2.24, 2.45) is 11.8 Å². The van der Waals surface area contributed by atoms with Gasteiger partial charge in [0.1, 0.15) is 0 Å². The standard InChI is InChI=1S/C12H25NO/c1-10(2)12(7-5-8-13-12)11(3)6-9-14-4/h10-11,13H,5-9H2,1-4H3. The molecule has 0 amide bonds. The number of methoxy groups -OCH3 is 1. The molecule has 84 valence electrons. The van der Waals surface area contributed by atoms with E-state index in [1.165, 1.54) is 25.8 Å². The molecule has 0 bridgehead atoms. The first kappa shape index (κ1) is 12.0. The van der Waals surface area contributed by atoms with E-state index in [2.05, 4.69) is 26.1 Å². The summed E-state index contributed by atoms with van der Waals surface area (Å²) in [6.07, 6.45) is 3.83. The lowest BCUT2D eigenvalue weighted by Gasteiger charge is -2.40. The lowest BCUT2D eigenvalue weighted by atomic mass is 9.74. The topological polar surface area (TPSA) is 21.3 Å². The van der Waals surface area contributed by atoms with Gasteiger partial charge in [0, 0.05) is 19.3 Å². The summed E-state index contributed by atoms with van der Waals surface area (Å²) in [6, 6.07) is 0. The lowest BCUT2D eigenvalue weighted by molar-refractivity contribution is 0.121. The molecule has 1 aliphatic rings. The molecule has 0 aromatic carbocycles. The largest absolute Gasteiger partial charge is 0.385 e. The number of hydrogen-bond acceptors (Lipinski definition) is 2. The SMILES string of the molecule is COCCC(C)C1(C(C)C)CCCN1. The minimum absolute atomic E-state index is 0.374. The highest BCUT2D eigenvalue weighted by Gasteiger charge is 2.40. The molecule has 1 saturated heterocycles. The third-order valence-corrected chi connectivity index (χ3v) is 3.89. The summed E-state index contributed by atoms with van der Waals surface area (Å²) in [5, 5.41) is 3.72. The van der Waals surface area contributed by atoms with E-state index in [9.17, 15) is 0 Å². The van der Waals surface area contributed by atoms with Crippen LogP contribution < -0.4 is 5.32 Å². The van der Waals surface area contributed by atoms with E-state index >= 15 is 0 Å². The molecule has 1 rings (SSSR count). The molecule has 0 aliphatic carbocycles. The maximum atomic E-state index is 5.17. The van der Waals surface area contributed by atoms with E-state index in [1.807, 2.05) is 0 Å². The van der Waals surface area contributed by atoms with Crippen LogP contribution in [0.25, 0.3) is 0 Å². The molecule has 1 fully saturated rings. The molecular formula is C12H25NO. The molecule has 1 aliphatic heterocycles. The van der Waals surface area contributed by atoms with E-state index in [4.69, 9.17) is 4.74 Å². The summed E-state index contributed by atoms with van der Waals surface area (Å²) in [5.74, 6) is 1.43. The first-order valence-electron chi connectivity index (χ1n) is 5.87. The van der Waals surface area contributed by atoms with Crippen LogP contribution in [0.15, 0.2) is 0 Å². The van der Waals surface area contributed by atoms with Gasteiger partial charge in [-0.25, -0.2) is 0 Å². The fourth-order valence-corrected chi connectivity index (χ4v) is 2.83. The van der Waals surface area contributed by atoms with E-state index in [-0.39, 0.29) is 0 Å². The van der Waals surface area contributed by atoms with E-state index in [0.717, 1.165) is 12.5 Å². The molecule has 1 N–H and O–H groups in total. The van der Waals surface area contributed by atoms with Crippen molar-refractivity contribution in [2.45, 2.75) is 45.6 Å². The van der Waals surface area contributed by atoms with Crippen LogP contribution in [0.2, 0.25) is 0 Å². The highest BCUT2D eigenvalue weighted by atomic mass is 16.5. The van der Waals surface area contributed by atoms with Gasteiger partial charge in [0.15, 0.2) is 0 Å². The second-order valence-corrected chi connectivity index (χ2v) is 4.91. The third kappa shape index (κ3) is 2.29. The van der Waals surface area contributed by atoms with Crippen LogP contribution in [0.1, 0.15) is 40.0 Å². The van der Waals surface area contributed by atoms with Crippen molar-refractivity contribution in [1.82, 2.24) is 5.32 Å². The Hall–Kier alpha value is -0.0800. The molecule has 0 radical (unpaired) electrons. The summed E-state index contributed by atoms with van der Waals surface area (Å²) in [5.41, 5.74) is 0.374. The normalized spacial score (nSPS) is 29.8. The molecule has 0 aromatic heterocycles. The molecule has 2 atom stereocenters. The van der Waals surface area contributed by atoms with Gasteiger partial charge in [-0.05, 0) is 37.6 Å². The summed E-state index contributed by atoms with van der Waals surface area (Å²) < 4.78 is 5.17. The minimum Gasteiger partial charge on any atom is -0.385 e. The zero-order chi connectivity index (χ0) is 10.6. The summed E-state index contributed by atoms with van der Waals surface area (Å²) in [6.45, 7) is 9.10. The quantitative estimate of drug-likeness (QED) is 0.734. The van der Waals surface area contributed by atoms with Crippen LogP contribution in [0.4, 0.5) is 0 Å². The van der Waals surface area contributed by atoms with Crippen LogP contribution in [0.5, 0.6) is 0 Å². The first-order chi connectivity index (χ1) is 6.63. The van der Waals surface area contributed by atoms with Gasteiger partial charge in [-0.3, -0.25) is 0 Å². The molecule has 0 aromatic rings. The maximum Gasteiger partial charge on any atom is 0.0465 e. The van der Waals surface area contributed by atoms with Gasteiger partial charge in [-0.15, -0.1) is 0 Å². The van der Waals surface area contributed by atoms with E-state index in [1.54, 1.807) is 7.11 Å². The van der Waals surface area contributed by atoms with Crippen LogP contribution in [0.3, 0.4) is 0 Å². The first-order valence-corrected chi connectivity index (χ1v) is 5.87. The van der Waals surface area contributed by atoms with Crippen LogP contribution in [0, 0.1) is 11.8 Å². The van der Waals surface area contributed by atoms with Crippen molar-refractivity contribution in [3.05, 3.63) is 0 Å². The predicted octanol–water partition coefficient (Wildman–Crippen LogP) is 2.44. The summed E-state index contributed by atoms with van der Waals surface area (Å²) >= 11 is 0. The Morgan fingerprint density at radius 3 is 2.50 bits per heavy atom. The molecule has 14 heavy (non-hydrogen) atoms. The molecule has 2 heteroatoms. The highest BCUT2D eigenvalue weighted by Crippen LogP contribution is 2.36. The van der Waals surface area contributed by atoms with Gasteiger partial charge in [-0.2, -0.15) is 0 Å².